The number of hydrogen-bond donors (Lipinski definition) is 1. The highest BCUT2D eigenvalue weighted by molar-refractivity contribution is 5.09. The van der Waals surface area contributed by atoms with Gasteiger partial charge in [0.15, 0.2) is 0 Å². The second kappa shape index (κ2) is 7.23. The maximum Gasteiger partial charge on any atom is 0.251 e. The molecule has 2 aromatic heterocycles. The van der Waals surface area contributed by atoms with E-state index in [2.05, 4.69) is 44.7 Å². The normalized spacial score (nSPS) is 19.1. The fraction of sp³-hybridized carbons (Fsp3) is 0.500. The molecule has 1 aliphatic heterocycles. The molecule has 24 heavy (non-hydrogen) atoms. The zero-order valence-electron chi connectivity index (χ0n) is 14.6. The third-order valence-electron chi connectivity index (χ3n) is 4.84. The summed E-state index contributed by atoms with van der Waals surface area (Å²) in [6, 6.07) is 8.04. The van der Waals surface area contributed by atoms with Crippen LogP contribution < -0.4 is 5.56 Å². The molecule has 0 amide bonds. The summed E-state index contributed by atoms with van der Waals surface area (Å²) in [6.07, 6.45) is 1.85. The lowest BCUT2D eigenvalue weighted by atomic mass is 10.1. The van der Waals surface area contributed by atoms with E-state index in [4.69, 9.17) is 0 Å². The number of aryl methyl sites for hydroxylation is 1. The lowest BCUT2D eigenvalue weighted by Gasteiger charge is -2.40. The zero-order valence-corrected chi connectivity index (χ0v) is 14.6. The molecule has 1 fully saturated rings. The first-order chi connectivity index (χ1) is 11.5. The molecule has 0 aliphatic carbocycles. The number of pyridine rings is 1. The van der Waals surface area contributed by atoms with Crippen molar-refractivity contribution in [2.45, 2.75) is 32.9 Å². The first-order valence-electron chi connectivity index (χ1n) is 8.51. The summed E-state index contributed by atoms with van der Waals surface area (Å²) in [7, 11) is 0. The van der Waals surface area contributed by atoms with Crippen LogP contribution in [-0.2, 0) is 0 Å². The molecule has 128 valence electrons. The van der Waals surface area contributed by atoms with Gasteiger partial charge in [-0.3, -0.25) is 19.6 Å². The summed E-state index contributed by atoms with van der Waals surface area (Å²) in [4.78, 5) is 28.3. The Balaban J connectivity index is 1.63. The van der Waals surface area contributed by atoms with Gasteiger partial charge in [0.25, 0.3) is 5.56 Å². The minimum Gasteiger partial charge on any atom is -0.309 e. The van der Waals surface area contributed by atoms with Crippen molar-refractivity contribution in [3.05, 3.63) is 58.0 Å². The molecule has 0 saturated carbocycles. The molecule has 0 bridgehead atoms. The zero-order chi connectivity index (χ0) is 17.1. The molecule has 3 heterocycles. The molecule has 1 N–H and O–H groups in total. The molecular formula is C18H25N5O. The molecule has 2 aromatic rings. The molecular weight excluding hydrogens is 302 g/mol. The van der Waals surface area contributed by atoms with Gasteiger partial charge in [-0.1, -0.05) is 6.07 Å². The van der Waals surface area contributed by atoms with Crippen LogP contribution in [0.1, 0.15) is 43.1 Å². The van der Waals surface area contributed by atoms with E-state index in [0.29, 0.717) is 6.04 Å². The molecule has 0 spiro atoms. The molecule has 1 aliphatic rings. The average molecular weight is 327 g/mol. The van der Waals surface area contributed by atoms with E-state index in [-0.39, 0.29) is 11.6 Å². The Morgan fingerprint density at radius 3 is 2.33 bits per heavy atom. The highest BCUT2D eigenvalue weighted by Gasteiger charge is 2.26. The van der Waals surface area contributed by atoms with Crippen molar-refractivity contribution < 1.29 is 0 Å². The molecule has 6 nitrogen and oxygen atoms in total. The predicted octanol–water partition coefficient (Wildman–Crippen LogP) is 1.91. The number of nitrogens with zero attached hydrogens (tertiary/aromatic N) is 4. The summed E-state index contributed by atoms with van der Waals surface area (Å²) in [5.41, 5.74) is 1.80. The van der Waals surface area contributed by atoms with Crippen molar-refractivity contribution in [2.75, 3.05) is 26.2 Å². The number of aromatic amines is 1. The largest absolute Gasteiger partial charge is 0.309 e. The van der Waals surface area contributed by atoms with Crippen LogP contribution in [0.15, 0.2) is 35.3 Å². The predicted molar refractivity (Wildman–Crippen MR) is 93.8 cm³/mol. The van der Waals surface area contributed by atoms with Crippen LogP contribution in [0.25, 0.3) is 0 Å². The molecule has 0 unspecified atom stereocenters. The summed E-state index contributed by atoms with van der Waals surface area (Å²) >= 11 is 0. The van der Waals surface area contributed by atoms with Gasteiger partial charge in [0.1, 0.15) is 5.82 Å². The second-order valence-electron chi connectivity index (χ2n) is 6.45. The van der Waals surface area contributed by atoms with E-state index in [1.165, 1.54) is 6.07 Å². The molecule has 1 saturated heterocycles. The van der Waals surface area contributed by atoms with Crippen LogP contribution in [0.5, 0.6) is 0 Å². The Hall–Kier alpha value is -2.05. The summed E-state index contributed by atoms with van der Waals surface area (Å²) in [5.74, 6) is 0.756. The number of hydrogen-bond acceptors (Lipinski definition) is 5. The van der Waals surface area contributed by atoms with Crippen molar-refractivity contribution in [1.29, 1.82) is 0 Å². The first-order valence-corrected chi connectivity index (χ1v) is 8.51. The van der Waals surface area contributed by atoms with Crippen LogP contribution in [0.3, 0.4) is 0 Å². The monoisotopic (exact) mass is 327 g/mol. The maximum absolute atomic E-state index is 11.7. The first kappa shape index (κ1) is 16.8. The lowest BCUT2D eigenvalue weighted by molar-refractivity contribution is 0.0745. The van der Waals surface area contributed by atoms with E-state index in [0.717, 1.165) is 43.4 Å². The van der Waals surface area contributed by atoms with Crippen molar-refractivity contribution in [2.24, 2.45) is 0 Å². The molecule has 3 rings (SSSR count). The quantitative estimate of drug-likeness (QED) is 0.929. The van der Waals surface area contributed by atoms with E-state index >= 15 is 0 Å². The topological polar surface area (TPSA) is 65.1 Å². The Morgan fingerprint density at radius 2 is 1.75 bits per heavy atom. The van der Waals surface area contributed by atoms with Crippen molar-refractivity contribution in [3.63, 3.8) is 0 Å². The van der Waals surface area contributed by atoms with Crippen LogP contribution in [0, 0.1) is 6.92 Å². The van der Waals surface area contributed by atoms with Crippen LogP contribution >= 0.6 is 0 Å². The van der Waals surface area contributed by atoms with Gasteiger partial charge >= 0.3 is 0 Å². The fourth-order valence-electron chi connectivity index (χ4n) is 3.30. The van der Waals surface area contributed by atoms with Gasteiger partial charge in [0, 0.05) is 50.2 Å². The van der Waals surface area contributed by atoms with Crippen molar-refractivity contribution >= 4 is 0 Å². The maximum atomic E-state index is 11.7. The minimum atomic E-state index is -0.0771. The Kier molecular flexibility index (Phi) is 5.06. The summed E-state index contributed by atoms with van der Waals surface area (Å²) in [6.45, 7) is 10.1. The lowest BCUT2D eigenvalue weighted by Crippen LogP contribution is -2.48. The van der Waals surface area contributed by atoms with Gasteiger partial charge in [-0.25, -0.2) is 4.98 Å². The number of nitrogens with one attached hydrogen (secondary N) is 1. The fourth-order valence-corrected chi connectivity index (χ4v) is 3.30. The Bertz CT molecular complexity index is 722. The molecule has 6 heteroatoms. The standard InChI is InChI=1S/C18H25N5O/c1-13-12-17(24)21-18(20-13)15(3)23-10-8-22(9-11-23)14(2)16-6-4-5-7-19-16/h4-7,12,14-15H,8-11H2,1-3H3,(H,20,21,24)/t14-,15-/m0/s1. The SMILES string of the molecule is Cc1cc(=O)[nH]c([C@H](C)N2CCN([C@@H](C)c3ccccn3)CC2)n1. The molecule has 2 atom stereocenters. The minimum absolute atomic E-state index is 0.0771. The van der Waals surface area contributed by atoms with Crippen LogP contribution in [0.2, 0.25) is 0 Å². The number of aromatic nitrogens is 3. The van der Waals surface area contributed by atoms with Crippen LogP contribution in [-0.4, -0.2) is 50.9 Å². The Morgan fingerprint density at radius 1 is 1.08 bits per heavy atom. The van der Waals surface area contributed by atoms with Gasteiger partial charge in [0.2, 0.25) is 0 Å². The van der Waals surface area contributed by atoms with Gasteiger partial charge in [-0.2, -0.15) is 0 Å². The third-order valence-corrected chi connectivity index (χ3v) is 4.84. The van der Waals surface area contributed by atoms with E-state index in [9.17, 15) is 4.79 Å². The number of piperazine rings is 1. The number of rotatable bonds is 4. The van der Waals surface area contributed by atoms with Crippen molar-refractivity contribution in [1.82, 2.24) is 24.8 Å². The van der Waals surface area contributed by atoms with Gasteiger partial charge in [-0.15, -0.1) is 0 Å². The van der Waals surface area contributed by atoms with E-state index < -0.39 is 0 Å². The van der Waals surface area contributed by atoms with E-state index in [1.54, 1.807) is 0 Å². The molecule has 0 aromatic carbocycles. The van der Waals surface area contributed by atoms with Gasteiger partial charge in [-0.05, 0) is 32.9 Å². The molecule has 0 radical (unpaired) electrons. The van der Waals surface area contributed by atoms with Crippen LogP contribution in [0.4, 0.5) is 0 Å². The smallest absolute Gasteiger partial charge is 0.251 e. The highest BCUT2D eigenvalue weighted by Crippen LogP contribution is 2.23. The van der Waals surface area contributed by atoms with Gasteiger partial charge < -0.3 is 4.98 Å². The summed E-state index contributed by atoms with van der Waals surface area (Å²) < 4.78 is 0. The number of H-pyrrole nitrogens is 1. The second-order valence-corrected chi connectivity index (χ2v) is 6.45. The third kappa shape index (κ3) is 3.71. The Labute approximate surface area is 142 Å². The highest BCUT2D eigenvalue weighted by atomic mass is 16.1. The summed E-state index contributed by atoms with van der Waals surface area (Å²) in [5, 5.41) is 0. The van der Waals surface area contributed by atoms with Gasteiger partial charge in [0.05, 0.1) is 11.7 Å². The van der Waals surface area contributed by atoms with Crippen molar-refractivity contribution in [3.8, 4) is 0 Å². The average Bonchev–Trinajstić information content (AvgIpc) is 2.60. The van der Waals surface area contributed by atoms with E-state index in [1.807, 2.05) is 25.3 Å².